The molecule has 0 aliphatic rings. The lowest BCUT2D eigenvalue weighted by atomic mass is 10.1. The van der Waals surface area contributed by atoms with Gasteiger partial charge >= 0.3 is 5.97 Å². The van der Waals surface area contributed by atoms with Gasteiger partial charge in [-0.05, 0) is 37.1 Å². The lowest BCUT2D eigenvalue weighted by molar-refractivity contribution is 0.0697. The summed E-state index contributed by atoms with van der Waals surface area (Å²) >= 11 is 0. The fourth-order valence-electron chi connectivity index (χ4n) is 2.56. The third-order valence-corrected chi connectivity index (χ3v) is 5.48. The van der Waals surface area contributed by atoms with Crippen molar-refractivity contribution < 1.29 is 23.1 Å². The maximum absolute atomic E-state index is 12.4. The van der Waals surface area contributed by atoms with E-state index in [9.17, 15) is 18.3 Å². The number of rotatable bonds is 10. The van der Waals surface area contributed by atoms with Crippen LogP contribution in [0.2, 0.25) is 0 Å². The molecule has 0 aromatic heterocycles. The molecule has 0 radical (unpaired) electrons. The molecule has 8 heteroatoms. The van der Waals surface area contributed by atoms with Crippen molar-refractivity contribution in [2.75, 3.05) is 25.6 Å². The molecule has 0 aliphatic heterocycles. The van der Waals surface area contributed by atoms with E-state index >= 15 is 0 Å². The molecule has 0 aliphatic carbocycles. The summed E-state index contributed by atoms with van der Waals surface area (Å²) in [6.45, 7) is 2.55. The summed E-state index contributed by atoms with van der Waals surface area (Å²) in [5.41, 5.74) is 1.25. The Morgan fingerprint density at radius 3 is 2.52 bits per heavy atom. The highest BCUT2D eigenvalue weighted by Gasteiger charge is 2.19. The molecule has 1 unspecified atom stereocenters. The van der Waals surface area contributed by atoms with Crippen LogP contribution in [0.15, 0.2) is 53.4 Å². The van der Waals surface area contributed by atoms with E-state index in [1.807, 2.05) is 37.3 Å². The predicted octanol–water partition coefficient (Wildman–Crippen LogP) is 2.87. The van der Waals surface area contributed by atoms with E-state index in [4.69, 9.17) is 4.74 Å². The maximum Gasteiger partial charge on any atom is 0.337 e. The monoisotopic (exact) mass is 392 g/mol. The molecule has 0 spiro atoms. The van der Waals surface area contributed by atoms with Gasteiger partial charge in [0.1, 0.15) is 0 Å². The van der Waals surface area contributed by atoms with Crippen molar-refractivity contribution in [3.63, 3.8) is 0 Å². The summed E-state index contributed by atoms with van der Waals surface area (Å²) in [5, 5.41) is 12.6. The summed E-state index contributed by atoms with van der Waals surface area (Å²) in [6, 6.07) is 13.5. The van der Waals surface area contributed by atoms with Crippen LogP contribution in [0, 0.1) is 0 Å². The normalized spacial score (nSPS) is 12.5. The first-order valence-electron chi connectivity index (χ1n) is 8.52. The molecule has 2 aromatic carbocycles. The Kier molecular flexibility index (Phi) is 7.35. The van der Waals surface area contributed by atoms with Crippen LogP contribution >= 0.6 is 0 Å². The molecule has 2 rings (SSSR count). The SMILES string of the molecule is COCCCNS(=O)(=O)c1ccc(NC(C)c2ccccc2)c(C(=O)O)c1. The summed E-state index contributed by atoms with van der Waals surface area (Å²) < 4.78 is 32.0. The molecular formula is C19H24N2O5S. The topological polar surface area (TPSA) is 105 Å². The van der Waals surface area contributed by atoms with Gasteiger partial charge in [0.15, 0.2) is 0 Å². The number of carbonyl (C=O) groups is 1. The van der Waals surface area contributed by atoms with Crippen LogP contribution in [-0.2, 0) is 14.8 Å². The Labute approximate surface area is 159 Å². The zero-order valence-corrected chi connectivity index (χ0v) is 16.1. The zero-order valence-electron chi connectivity index (χ0n) is 15.3. The molecule has 3 N–H and O–H groups in total. The number of aromatic carboxylic acids is 1. The highest BCUT2D eigenvalue weighted by Crippen LogP contribution is 2.25. The lowest BCUT2D eigenvalue weighted by Gasteiger charge is -2.18. The number of nitrogens with one attached hydrogen (secondary N) is 2. The number of carboxylic acid groups (broad SMARTS) is 1. The molecular weight excluding hydrogens is 368 g/mol. The number of anilines is 1. The predicted molar refractivity (Wildman–Crippen MR) is 104 cm³/mol. The van der Waals surface area contributed by atoms with Crippen LogP contribution in [0.5, 0.6) is 0 Å². The molecule has 1 atom stereocenters. The maximum atomic E-state index is 12.4. The first-order chi connectivity index (χ1) is 12.8. The van der Waals surface area contributed by atoms with Crippen molar-refractivity contribution in [2.24, 2.45) is 0 Å². The second-order valence-corrected chi connectivity index (χ2v) is 7.80. The summed E-state index contributed by atoms with van der Waals surface area (Å²) in [6.07, 6.45) is 0.524. The van der Waals surface area contributed by atoms with E-state index in [2.05, 4.69) is 10.0 Å². The van der Waals surface area contributed by atoms with Crippen molar-refractivity contribution in [1.82, 2.24) is 4.72 Å². The highest BCUT2D eigenvalue weighted by molar-refractivity contribution is 7.89. The van der Waals surface area contributed by atoms with Gasteiger partial charge in [-0.15, -0.1) is 0 Å². The standard InChI is InChI=1S/C19H24N2O5S/c1-14(15-7-4-3-5-8-15)21-18-10-9-16(13-17(18)19(22)23)27(24,25)20-11-6-12-26-2/h3-5,7-10,13-14,20-21H,6,11-12H2,1-2H3,(H,22,23). The molecule has 146 valence electrons. The van der Waals surface area contributed by atoms with E-state index in [1.54, 1.807) is 0 Å². The van der Waals surface area contributed by atoms with Crippen molar-refractivity contribution >= 4 is 21.7 Å². The lowest BCUT2D eigenvalue weighted by Crippen LogP contribution is -2.26. The number of carboxylic acids is 1. The minimum Gasteiger partial charge on any atom is -0.478 e. The second kappa shape index (κ2) is 9.50. The number of benzene rings is 2. The average molecular weight is 392 g/mol. The molecule has 0 fully saturated rings. The van der Waals surface area contributed by atoms with E-state index in [1.165, 1.54) is 25.3 Å². The smallest absolute Gasteiger partial charge is 0.337 e. The second-order valence-electron chi connectivity index (χ2n) is 6.03. The number of sulfonamides is 1. The van der Waals surface area contributed by atoms with Crippen LogP contribution in [0.3, 0.4) is 0 Å². The van der Waals surface area contributed by atoms with E-state index in [0.29, 0.717) is 18.7 Å². The summed E-state index contributed by atoms with van der Waals surface area (Å²) in [5.74, 6) is -1.20. The number of ether oxygens (including phenoxy) is 1. The van der Waals surface area contributed by atoms with E-state index < -0.39 is 16.0 Å². The van der Waals surface area contributed by atoms with Crippen LogP contribution in [-0.4, -0.2) is 39.8 Å². The third kappa shape index (κ3) is 5.78. The average Bonchev–Trinajstić information content (AvgIpc) is 2.66. The van der Waals surface area contributed by atoms with Gasteiger partial charge in [0, 0.05) is 32.0 Å². The van der Waals surface area contributed by atoms with Gasteiger partial charge in [-0.1, -0.05) is 30.3 Å². The van der Waals surface area contributed by atoms with Crippen molar-refractivity contribution in [3.8, 4) is 0 Å². The van der Waals surface area contributed by atoms with Gasteiger partial charge < -0.3 is 15.2 Å². The molecule has 0 heterocycles. The molecule has 0 saturated carbocycles. The quantitative estimate of drug-likeness (QED) is 0.537. The van der Waals surface area contributed by atoms with Gasteiger partial charge in [0.25, 0.3) is 0 Å². The summed E-state index contributed by atoms with van der Waals surface area (Å²) in [7, 11) is -2.25. The Balaban J connectivity index is 2.22. The first-order valence-corrected chi connectivity index (χ1v) is 10.0. The van der Waals surface area contributed by atoms with Gasteiger partial charge in [0.05, 0.1) is 10.5 Å². The number of hydrogen-bond acceptors (Lipinski definition) is 5. The largest absolute Gasteiger partial charge is 0.478 e. The minimum atomic E-state index is -3.79. The van der Waals surface area contributed by atoms with Crippen LogP contribution in [0.4, 0.5) is 5.69 Å². The molecule has 27 heavy (non-hydrogen) atoms. The van der Waals surface area contributed by atoms with Crippen molar-refractivity contribution in [2.45, 2.75) is 24.3 Å². The van der Waals surface area contributed by atoms with Crippen molar-refractivity contribution in [3.05, 3.63) is 59.7 Å². The molecule has 2 aromatic rings. The number of methoxy groups -OCH3 is 1. The fourth-order valence-corrected chi connectivity index (χ4v) is 3.66. The van der Waals surface area contributed by atoms with E-state index in [-0.39, 0.29) is 23.0 Å². The number of hydrogen-bond donors (Lipinski definition) is 3. The van der Waals surface area contributed by atoms with Gasteiger partial charge in [-0.3, -0.25) is 0 Å². The molecule has 0 amide bonds. The Hall–Kier alpha value is -2.42. The van der Waals surface area contributed by atoms with Gasteiger partial charge in [0.2, 0.25) is 10.0 Å². The zero-order chi connectivity index (χ0) is 19.9. The molecule has 7 nitrogen and oxygen atoms in total. The Bertz CT molecular complexity index is 869. The highest BCUT2D eigenvalue weighted by atomic mass is 32.2. The summed E-state index contributed by atoms with van der Waals surface area (Å²) in [4.78, 5) is 11.6. The van der Waals surface area contributed by atoms with Crippen LogP contribution < -0.4 is 10.0 Å². The Morgan fingerprint density at radius 1 is 1.19 bits per heavy atom. The van der Waals surface area contributed by atoms with E-state index in [0.717, 1.165) is 5.56 Å². The van der Waals surface area contributed by atoms with Gasteiger partial charge in [-0.2, -0.15) is 0 Å². The molecule has 0 saturated heterocycles. The fraction of sp³-hybridized carbons (Fsp3) is 0.316. The van der Waals surface area contributed by atoms with Crippen molar-refractivity contribution in [1.29, 1.82) is 0 Å². The Morgan fingerprint density at radius 2 is 1.89 bits per heavy atom. The van der Waals surface area contributed by atoms with Gasteiger partial charge in [-0.25, -0.2) is 17.9 Å². The third-order valence-electron chi connectivity index (χ3n) is 4.02. The molecule has 0 bridgehead atoms. The first kappa shape index (κ1) is 20.9. The minimum absolute atomic E-state index is 0.0877. The van der Waals surface area contributed by atoms with Crippen LogP contribution in [0.1, 0.15) is 35.3 Å². The van der Waals surface area contributed by atoms with Crippen LogP contribution in [0.25, 0.3) is 0 Å².